The molecule has 0 unspecified atom stereocenters. The largest absolute Gasteiger partial charge is 0.483 e. The first kappa shape index (κ1) is 16.6. The van der Waals surface area contributed by atoms with Gasteiger partial charge in [-0.3, -0.25) is 4.79 Å². The van der Waals surface area contributed by atoms with Crippen molar-refractivity contribution in [3.63, 3.8) is 0 Å². The highest BCUT2D eigenvalue weighted by Crippen LogP contribution is 2.21. The number of aryl methyl sites for hydroxylation is 2. The highest BCUT2D eigenvalue weighted by atomic mass is 16.5. The van der Waals surface area contributed by atoms with Gasteiger partial charge in [0.05, 0.1) is 0 Å². The molecule has 0 bridgehead atoms. The molecule has 1 heterocycles. The summed E-state index contributed by atoms with van der Waals surface area (Å²) in [4.78, 5) is 12.1. The van der Waals surface area contributed by atoms with Crippen LogP contribution in [-0.2, 0) is 11.8 Å². The molecule has 0 spiro atoms. The number of carbonyl (C=O) groups excluding carboxylic acids is 1. The smallest absolute Gasteiger partial charge is 0.262 e. The molecule has 1 aromatic heterocycles. The summed E-state index contributed by atoms with van der Waals surface area (Å²) in [6.07, 6.45) is 0. The number of anilines is 1. The fourth-order valence-corrected chi connectivity index (χ4v) is 2.40. The molecule has 0 radical (unpaired) electrons. The third kappa shape index (κ3) is 3.82. The molecule has 7 heteroatoms. The topological polar surface area (TPSA) is 81.9 Å². The Balaban J connectivity index is 1.60. The number of nitrogens with zero attached hydrogens (tertiary/aromatic N) is 4. The number of hydrogen-bond donors (Lipinski definition) is 1. The molecule has 0 aliphatic heterocycles. The number of ether oxygens (including phenoxy) is 1. The lowest BCUT2D eigenvalue weighted by atomic mass is 10.1. The van der Waals surface area contributed by atoms with Crippen molar-refractivity contribution in [2.45, 2.75) is 13.8 Å². The maximum atomic E-state index is 12.1. The Labute approximate surface area is 145 Å². The quantitative estimate of drug-likeness (QED) is 0.773. The Hall–Kier alpha value is -3.22. The van der Waals surface area contributed by atoms with Crippen LogP contribution in [0.4, 0.5) is 5.69 Å². The third-order valence-electron chi connectivity index (χ3n) is 3.96. The number of carbonyl (C=O) groups is 1. The molecule has 0 fully saturated rings. The number of nitrogens with one attached hydrogen (secondary N) is 1. The minimum atomic E-state index is -0.214. The van der Waals surface area contributed by atoms with E-state index in [4.69, 9.17) is 4.74 Å². The second-order valence-corrected chi connectivity index (χ2v) is 5.74. The van der Waals surface area contributed by atoms with Crippen molar-refractivity contribution in [1.29, 1.82) is 0 Å². The van der Waals surface area contributed by atoms with Crippen LogP contribution in [0, 0.1) is 13.8 Å². The van der Waals surface area contributed by atoms with E-state index >= 15 is 0 Å². The Morgan fingerprint density at radius 2 is 1.92 bits per heavy atom. The summed E-state index contributed by atoms with van der Waals surface area (Å²) in [6.45, 7) is 3.94. The lowest BCUT2D eigenvalue weighted by molar-refractivity contribution is -0.118. The Morgan fingerprint density at radius 1 is 1.16 bits per heavy atom. The normalized spacial score (nSPS) is 10.5. The van der Waals surface area contributed by atoms with Crippen molar-refractivity contribution < 1.29 is 9.53 Å². The molecule has 1 amide bonds. The van der Waals surface area contributed by atoms with Gasteiger partial charge >= 0.3 is 0 Å². The molecule has 0 saturated heterocycles. The number of rotatable bonds is 5. The fraction of sp³-hybridized carbons (Fsp3) is 0.222. The van der Waals surface area contributed by atoms with Crippen LogP contribution in [0.5, 0.6) is 5.75 Å². The molecule has 7 nitrogen and oxygen atoms in total. The van der Waals surface area contributed by atoms with E-state index in [9.17, 15) is 4.79 Å². The second kappa shape index (κ2) is 7.12. The van der Waals surface area contributed by atoms with Crippen LogP contribution in [0.25, 0.3) is 11.4 Å². The minimum absolute atomic E-state index is 0.0424. The van der Waals surface area contributed by atoms with Crippen LogP contribution in [0.3, 0.4) is 0 Å². The van der Waals surface area contributed by atoms with Gasteiger partial charge in [0.1, 0.15) is 5.75 Å². The summed E-state index contributed by atoms with van der Waals surface area (Å²) < 4.78 is 7.20. The lowest BCUT2D eigenvalue weighted by Gasteiger charge is -2.11. The van der Waals surface area contributed by atoms with Crippen LogP contribution in [0.1, 0.15) is 11.1 Å². The number of amides is 1. The average Bonchev–Trinajstić information content (AvgIpc) is 3.03. The number of benzene rings is 2. The molecule has 25 heavy (non-hydrogen) atoms. The maximum Gasteiger partial charge on any atom is 0.262 e. The molecule has 2 aromatic carbocycles. The predicted octanol–water partition coefficient (Wildman–Crippen LogP) is 2.51. The van der Waals surface area contributed by atoms with Crippen LogP contribution in [0.2, 0.25) is 0 Å². The SMILES string of the molecule is Cc1cccc(OCC(=O)Nc2ccc(-c3nnnn3C)cc2)c1C. The first-order valence-electron chi connectivity index (χ1n) is 7.86. The number of aromatic nitrogens is 4. The van der Waals surface area contributed by atoms with Crippen LogP contribution >= 0.6 is 0 Å². The van der Waals surface area contributed by atoms with Crippen LogP contribution < -0.4 is 10.1 Å². The van der Waals surface area contributed by atoms with E-state index in [2.05, 4.69) is 20.8 Å². The summed E-state index contributed by atoms with van der Waals surface area (Å²) >= 11 is 0. The van der Waals surface area contributed by atoms with Gasteiger partial charge in [-0.15, -0.1) is 5.10 Å². The second-order valence-electron chi connectivity index (χ2n) is 5.74. The van der Waals surface area contributed by atoms with Gasteiger partial charge in [0.2, 0.25) is 0 Å². The summed E-state index contributed by atoms with van der Waals surface area (Å²) in [6, 6.07) is 13.1. The summed E-state index contributed by atoms with van der Waals surface area (Å²) in [5.41, 5.74) is 3.73. The molecule has 1 N–H and O–H groups in total. The fourth-order valence-electron chi connectivity index (χ4n) is 2.40. The van der Waals surface area contributed by atoms with Gasteiger partial charge in [-0.05, 0) is 65.7 Å². The molecule has 0 saturated carbocycles. The zero-order valence-corrected chi connectivity index (χ0v) is 14.4. The first-order chi connectivity index (χ1) is 12.0. The average molecular weight is 337 g/mol. The van der Waals surface area contributed by atoms with Crippen molar-refractivity contribution in [2.75, 3.05) is 11.9 Å². The highest BCUT2D eigenvalue weighted by Gasteiger charge is 2.08. The molecular formula is C18H19N5O2. The Kier molecular flexibility index (Phi) is 4.74. The van der Waals surface area contributed by atoms with Gasteiger partial charge in [-0.1, -0.05) is 12.1 Å². The van der Waals surface area contributed by atoms with E-state index in [-0.39, 0.29) is 12.5 Å². The van der Waals surface area contributed by atoms with Crippen molar-refractivity contribution in [3.8, 4) is 17.1 Å². The van der Waals surface area contributed by atoms with Gasteiger partial charge in [0, 0.05) is 18.3 Å². The predicted molar refractivity (Wildman–Crippen MR) is 94.3 cm³/mol. The third-order valence-corrected chi connectivity index (χ3v) is 3.96. The standard InChI is InChI=1S/C18H19N5O2/c1-12-5-4-6-16(13(12)2)25-11-17(24)19-15-9-7-14(8-10-15)18-20-21-22-23(18)3/h4-10H,11H2,1-3H3,(H,19,24). The maximum absolute atomic E-state index is 12.1. The van der Waals surface area contributed by atoms with Crippen LogP contribution in [0.15, 0.2) is 42.5 Å². The van der Waals surface area contributed by atoms with Crippen molar-refractivity contribution >= 4 is 11.6 Å². The molecular weight excluding hydrogens is 318 g/mol. The van der Waals surface area contributed by atoms with Gasteiger partial charge in [0.15, 0.2) is 12.4 Å². The Morgan fingerprint density at radius 3 is 2.60 bits per heavy atom. The number of tetrazole rings is 1. The van der Waals surface area contributed by atoms with E-state index in [0.29, 0.717) is 11.5 Å². The molecule has 3 aromatic rings. The minimum Gasteiger partial charge on any atom is -0.483 e. The Bertz CT molecular complexity index is 887. The van der Waals surface area contributed by atoms with Gasteiger partial charge in [0.25, 0.3) is 5.91 Å². The van der Waals surface area contributed by atoms with E-state index < -0.39 is 0 Å². The van der Waals surface area contributed by atoms with Crippen molar-refractivity contribution in [2.24, 2.45) is 7.05 Å². The molecule has 128 valence electrons. The lowest BCUT2D eigenvalue weighted by Crippen LogP contribution is -2.20. The first-order valence-corrected chi connectivity index (χ1v) is 7.86. The van der Waals surface area contributed by atoms with Crippen molar-refractivity contribution in [3.05, 3.63) is 53.6 Å². The van der Waals surface area contributed by atoms with E-state index in [1.807, 2.05) is 44.2 Å². The number of hydrogen-bond acceptors (Lipinski definition) is 5. The zero-order chi connectivity index (χ0) is 17.8. The van der Waals surface area contributed by atoms with Crippen molar-refractivity contribution in [1.82, 2.24) is 20.2 Å². The van der Waals surface area contributed by atoms with Gasteiger partial charge < -0.3 is 10.1 Å². The summed E-state index contributed by atoms with van der Waals surface area (Å²) in [5, 5.41) is 14.2. The highest BCUT2D eigenvalue weighted by molar-refractivity contribution is 5.92. The molecule has 3 rings (SSSR count). The van der Waals surface area contributed by atoms with Gasteiger partial charge in [-0.2, -0.15) is 0 Å². The molecule has 0 aliphatic rings. The summed E-state index contributed by atoms with van der Waals surface area (Å²) in [7, 11) is 1.77. The van der Waals surface area contributed by atoms with E-state index in [1.54, 1.807) is 23.9 Å². The molecule has 0 aliphatic carbocycles. The molecule has 0 atom stereocenters. The van der Waals surface area contributed by atoms with E-state index in [0.717, 1.165) is 22.4 Å². The zero-order valence-electron chi connectivity index (χ0n) is 14.4. The van der Waals surface area contributed by atoms with Crippen LogP contribution in [-0.4, -0.2) is 32.7 Å². The monoisotopic (exact) mass is 337 g/mol. The van der Waals surface area contributed by atoms with Gasteiger partial charge in [-0.25, -0.2) is 4.68 Å². The summed E-state index contributed by atoms with van der Waals surface area (Å²) in [5.74, 6) is 1.17. The van der Waals surface area contributed by atoms with E-state index in [1.165, 1.54) is 0 Å².